The Morgan fingerprint density at radius 1 is 1.26 bits per heavy atom. The van der Waals surface area contributed by atoms with Crippen molar-refractivity contribution in [1.29, 1.82) is 0 Å². The van der Waals surface area contributed by atoms with E-state index in [2.05, 4.69) is 17.1 Å². The van der Waals surface area contributed by atoms with Crippen molar-refractivity contribution in [3.05, 3.63) is 47.3 Å². The molecule has 1 aliphatic rings. The third-order valence-corrected chi connectivity index (χ3v) is 5.26. The average molecular weight is 365 g/mol. The molecule has 0 N–H and O–H groups in total. The van der Waals surface area contributed by atoms with Gasteiger partial charge in [-0.25, -0.2) is 4.98 Å². The van der Waals surface area contributed by atoms with E-state index in [4.69, 9.17) is 9.26 Å². The van der Waals surface area contributed by atoms with Gasteiger partial charge in [-0.1, -0.05) is 5.16 Å². The smallest absolute Gasteiger partial charge is 0.259 e. The minimum Gasteiger partial charge on any atom is -0.497 e. The predicted octanol–water partition coefficient (Wildman–Crippen LogP) is 4.29. The van der Waals surface area contributed by atoms with Gasteiger partial charge in [0.05, 0.1) is 23.8 Å². The molecule has 0 bridgehead atoms. The van der Waals surface area contributed by atoms with Crippen LogP contribution in [0, 0.1) is 19.8 Å². The van der Waals surface area contributed by atoms with Gasteiger partial charge in [0.25, 0.3) is 11.6 Å². The van der Waals surface area contributed by atoms with E-state index in [0.29, 0.717) is 28.3 Å². The fourth-order valence-electron chi connectivity index (χ4n) is 3.59. The summed E-state index contributed by atoms with van der Waals surface area (Å²) < 4.78 is 10.6. The third kappa shape index (κ3) is 3.16. The summed E-state index contributed by atoms with van der Waals surface area (Å²) in [7, 11) is 1.63. The highest BCUT2D eigenvalue weighted by molar-refractivity contribution is 6.13. The van der Waals surface area contributed by atoms with Gasteiger partial charge in [0, 0.05) is 17.4 Å². The van der Waals surface area contributed by atoms with Crippen molar-refractivity contribution in [2.75, 3.05) is 12.0 Å². The van der Waals surface area contributed by atoms with Gasteiger partial charge >= 0.3 is 0 Å². The number of nitrogens with zero attached hydrogens (tertiary/aromatic N) is 3. The number of hydrogen-bond donors (Lipinski definition) is 0. The highest BCUT2D eigenvalue weighted by atomic mass is 16.5. The van der Waals surface area contributed by atoms with Crippen molar-refractivity contribution in [2.24, 2.45) is 5.92 Å². The molecule has 1 aliphatic carbocycles. The zero-order chi connectivity index (χ0) is 19.1. The van der Waals surface area contributed by atoms with Gasteiger partial charge in [0.1, 0.15) is 5.75 Å². The molecular weight excluding hydrogens is 342 g/mol. The molecule has 1 amide bonds. The van der Waals surface area contributed by atoms with Gasteiger partial charge in [-0.15, -0.1) is 0 Å². The number of ether oxygens (including phenoxy) is 1. The molecule has 4 rings (SSSR count). The van der Waals surface area contributed by atoms with Crippen molar-refractivity contribution in [2.45, 2.75) is 39.7 Å². The Bertz CT molecular complexity index is 990. The summed E-state index contributed by atoms with van der Waals surface area (Å²) in [4.78, 5) is 19.9. The maximum Gasteiger partial charge on any atom is 0.259 e. The number of aromatic nitrogens is 2. The first-order valence-electron chi connectivity index (χ1n) is 9.21. The molecular formula is C21H23N3O3. The number of amides is 1. The van der Waals surface area contributed by atoms with Crippen molar-refractivity contribution in [3.63, 3.8) is 0 Å². The molecule has 0 saturated heterocycles. The first-order chi connectivity index (χ1) is 13.0. The average Bonchev–Trinajstić information content (AvgIpc) is 3.45. The van der Waals surface area contributed by atoms with Crippen LogP contribution in [0.2, 0.25) is 0 Å². The molecule has 27 heavy (non-hydrogen) atoms. The van der Waals surface area contributed by atoms with Gasteiger partial charge in [0.2, 0.25) is 0 Å². The number of anilines is 1. The maximum atomic E-state index is 13.7. The van der Waals surface area contributed by atoms with Gasteiger partial charge in [-0.2, -0.15) is 0 Å². The van der Waals surface area contributed by atoms with Crippen LogP contribution < -0.4 is 9.64 Å². The van der Waals surface area contributed by atoms with E-state index in [-0.39, 0.29) is 11.9 Å². The summed E-state index contributed by atoms with van der Waals surface area (Å²) in [5.74, 6) is 1.24. The van der Waals surface area contributed by atoms with E-state index in [1.54, 1.807) is 7.11 Å². The number of hydrogen-bond acceptors (Lipinski definition) is 5. The Morgan fingerprint density at radius 2 is 1.96 bits per heavy atom. The molecule has 0 spiro atoms. The fraction of sp³-hybridized carbons (Fsp3) is 0.381. The molecule has 1 aromatic carbocycles. The van der Waals surface area contributed by atoms with Crippen molar-refractivity contribution in [1.82, 2.24) is 10.1 Å². The van der Waals surface area contributed by atoms with Crippen LogP contribution >= 0.6 is 0 Å². The molecule has 2 heterocycles. The molecule has 1 atom stereocenters. The molecule has 1 saturated carbocycles. The van der Waals surface area contributed by atoms with Crippen LogP contribution in [0.5, 0.6) is 5.75 Å². The monoisotopic (exact) mass is 365 g/mol. The lowest BCUT2D eigenvalue weighted by molar-refractivity contribution is 0.0977. The lowest BCUT2D eigenvalue weighted by Gasteiger charge is -2.30. The summed E-state index contributed by atoms with van der Waals surface area (Å²) in [5, 5.41) is 4.69. The molecule has 2 aromatic heterocycles. The summed E-state index contributed by atoms with van der Waals surface area (Å²) in [6.07, 6.45) is 2.30. The highest BCUT2D eigenvalue weighted by Crippen LogP contribution is 2.38. The van der Waals surface area contributed by atoms with E-state index in [1.165, 1.54) is 0 Å². The van der Waals surface area contributed by atoms with E-state index in [0.717, 1.165) is 30.0 Å². The second-order valence-corrected chi connectivity index (χ2v) is 7.21. The Labute approximate surface area is 158 Å². The molecule has 6 heteroatoms. The molecule has 0 radical (unpaired) electrons. The topological polar surface area (TPSA) is 68.5 Å². The summed E-state index contributed by atoms with van der Waals surface area (Å²) in [6.45, 7) is 5.81. The van der Waals surface area contributed by atoms with E-state index < -0.39 is 0 Å². The Morgan fingerprint density at radius 3 is 2.59 bits per heavy atom. The number of carbonyl (C=O) groups excluding carboxylic acids is 1. The minimum absolute atomic E-state index is 0.0543. The molecule has 0 aliphatic heterocycles. The van der Waals surface area contributed by atoms with Crippen LogP contribution in [0.15, 0.2) is 34.9 Å². The van der Waals surface area contributed by atoms with E-state index >= 15 is 0 Å². The van der Waals surface area contributed by atoms with E-state index in [9.17, 15) is 4.79 Å². The van der Waals surface area contributed by atoms with Crippen LogP contribution in [0.3, 0.4) is 0 Å². The van der Waals surface area contributed by atoms with Crippen molar-refractivity contribution >= 4 is 22.7 Å². The number of benzene rings is 1. The second-order valence-electron chi connectivity index (χ2n) is 7.21. The number of fused-ring (bicyclic) bond motifs is 1. The summed E-state index contributed by atoms with van der Waals surface area (Å²) in [5.41, 5.74) is 3.26. The lowest BCUT2D eigenvalue weighted by atomic mass is 10.0. The SMILES string of the molecule is COc1ccc(N(C(=O)c2cc(C)nc3onc(C)c23)C(C)C2CC2)cc1. The quantitative estimate of drug-likeness (QED) is 0.674. The van der Waals surface area contributed by atoms with Gasteiger partial charge in [-0.05, 0) is 69.9 Å². The lowest BCUT2D eigenvalue weighted by Crippen LogP contribution is -2.40. The number of aryl methyl sites for hydroxylation is 2. The van der Waals surface area contributed by atoms with Crippen LogP contribution in [0.25, 0.3) is 11.1 Å². The maximum absolute atomic E-state index is 13.7. The third-order valence-electron chi connectivity index (χ3n) is 5.26. The number of rotatable bonds is 5. The predicted molar refractivity (Wildman–Crippen MR) is 103 cm³/mol. The Kier molecular flexibility index (Phi) is 4.34. The van der Waals surface area contributed by atoms with Gasteiger partial charge in [0.15, 0.2) is 0 Å². The molecule has 6 nitrogen and oxygen atoms in total. The Balaban J connectivity index is 1.82. The highest BCUT2D eigenvalue weighted by Gasteiger charge is 2.36. The van der Waals surface area contributed by atoms with Crippen LogP contribution in [-0.4, -0.2) is 29.2 Å². The molecule has 1 unspecified atom stereocenters. The van der Waals surface area contributed by atoms with Crippen LogP contribution in [-0.2, 0) is 0 Å². The largest absolute Gasteiger partial charge is 0.497 e. The van der Waals surface area contributed by atoms with Crippen LogP contribution in [0.4, 0.5) is 5.69 Å². The first kappa shape index (κ1) is 17.5. The standard InChI is InChI=1S/C21H23N3O3/c1-12-11-18(19-13(2)23-27-20(19)22-12)21(25)24(14(3)15-5-6-15)16-7-9-17(26-4)10-8-16/h7-11,14-15H,5-6H2,1-4H3. The zero-order valence-electron chi connectivity index (χ0n) is 16.0. The first-order valence-corrected chi connectivity index (χ1v) is 9.21. The number of methoxy groups -OCH3 is 1. The summed E-state index contributed by atoms with van der Waals surface area (Å²) in [6, 6.07) is 9.56. The van der Waals surface area contributed by atoms with Crippen molar-refractivity contribution < 1.29 is 14.1 Å². The van der Waals surface area contributed by atoms with Gasteiger partial charge < -0.3 is 14.2 Å². The fourth-order valence-corrected chi connectivity index (χ4v) is 3.59. The number of carbonyl (C=O) groups is 1. The zero-order valence-corrected chi connectivity index (χ0v) is 16.0. The molecule has 1 fully saturated rings. The Hall–Kier alpha value is -2.89. The van der Waals surface area contributed by atoms with Crippen LogP contribution in [0.1, 0.15) is 41.5 Å². The minimum atomic E-state index is -0.0543. The molecule has 140 valence electrons. The molecule has 3 aromatic rings. The second kappa shape index (κ2) is 6.68. The normalized spacial score (nSPS) is 15.0. The number of pyridine rings is 1. The van der Waals surface area contributed by atoms with E-state index in [1.807, 2.05) is 49.1 Å². The summed E-state index contributed by atoms with van der Waals surface area (Å²) >= 11 is 0. The van der Waals surface area contributed by atoms with Gasteiger partial charge in [-0.3, -0.25) is 4.79 Å². The van der Waals surface area contributed by atoms with Crippen molar-refractivity contribution in [3.8, 4) is 5.75 Å².